The molecule has 0 aliphatic carbocycles. The van der Waals surface area contributed by atoms with E-state index >= 15 is 0 Å². The van der Waals surface area contributed by atoms with Gasteiger partial charge in [0, 0.05) is 25.0 Å². The van der Waals surface area contributed by atoms with Gasteiger partial charge in [-0.15, -0.1) is 0 Å². The van der Waals surface area contributed by atoms with Crippen LogP contribution in [0.4, 0.5) is 11.6 Å². The topological polar surface area (TPSA) is 84.4 Å². The summed E-state index contributed by atoms with van der Waals surface area (Å²) in [5, 5.41) is 2.79. The molecule has 0 atom stereocenters. The molecule has 0 saturated carbocycles. The Bertz CT molecular complexity index is 1050. The molecule has 1 aromatic heterocycles. The van der Waals surface area contributed by atoms with Crippen LogP contribution in [0.5, 0.6) is 0 Å². The van der Waals surface area contributed by atoms with E-state index in [9.17, 15) is 9.59 Å². The highest BCUT2D eigenvalue weighted by molar-refractivity contribution is 6.03. The molecule has 0 unspecified atom stereocenters. The van der Waals surface area contributed by atoms with Crippen molar-refractivity contribution in [2.45, 2.75) is 13.0 Å². The van der Waals surface area contributed by atoms with Gasteiger partial charge in [0.25, 0.3) is 5.91 Å². The van der Waals surface area contributed by atoms with E-state index in [4.69, 9.17) is 0 Å². The molecule has 3 aromatic rings. The number of anilines is 2. The zero-order chi connectivity index (χ0) is 20.2. The number of methoxy groups -OCH3 is 1. The van der Waals surface area contributed by atoms with E-state index in [1.54, 1.807) is 36.5 Å². The van der Waals surface area contributed by atoms with Crippen molar-refractivity contribution < 1.29 is 14.3 Å². The van der Waals surface area contributed by atoms with E-state index in [2.05, 4.69) is 37.1 Å². The van der Waals surface area contributed by atoms with E-state index in [0.29, 0.717) is 17.2 Å². The van der Waals surface area contributed by atoms with Gasteiger partial charge in [-0.1, -0.05) is 24.3 Å². The maximum Gasteiger partial charge on any atom is 0.337 e. The Morgan fingerprint density at radius 1 is 1.03 bits per heavy atom. The quantitative estimate of drug-likeness (QED) is 0.692. The fourth-order valence-corrected chi connectivity index (χ4v) is 3.30. The average Bonchev–Trinajstić information content (AvgIpc) is 2.78. The summed E-state index contributed by atoms with van der Waals surface area (Å²) in [6.45, 7) is 1.52. The molecule has 2 heterocycles. The minimum atomic E-state index is -0.425. The van der Waals surface area contributed by atoms with Crippen molar-refractivity contribution >= 4 is 23.5 Å². The lowest BCUT2D eigenvalue weighted by Crippen LogP contribution is -2.32. The van der Waals surface area contributed by atoms with Gasteiger partial charge in [-0.2, -0.15) is 0 Å². The summed E-state index contributed by atoms with van der Waals surface area (Å²) in [5.74, 6) is -0.225. The number of nitrogens with zero attached hydrogens (tertiary/aromatic N) is 3. The second-order valence-electron chi connectivity index (χ2n) is 6.71. The first kappa shape index (κ1) is 18.6. The highest BCUT2D eigenvalue weighted by Crippen LogP contribution is 2.22. The Morgan fingerprint density at radius 2 is 1.79 bits per heavy atom. The number of hydrogen-bond acceptors (Lipinski definition) is 6. The van der Waals surface area contributed by atoms with Crippen LogP contribution >= 0.6 is 0 Å². The third-order valence-electron chi connectivity index (χ3n) is 4.85. The summed E-state index contributed by atoms with van der Waals surface area (Å²) in [6.07, 6.45) is 2.51. The first-order valence-electron chi connectivity index (χ1n) is 9.28. The molecule has 0 bridgehead atoms. The van der Waals surface area contributed by atoms with Crippen molar-refractivity contribution in [3.63, 3.8) is 0 Å². The molecule has 1 aliphatic rings. The zero-order valence-corrected chi connectivity index (χ0v) is 16.0. The van der Waals surface area contributed by atoms with Crippen LogP contribution in [0, 0.1) is 0 Å². The van der Waals surface area contributed by atoms with Crippen LogP contribution in [0.2, 0.25) is 0 Å². The van der Waals surface area contributed by atoms with Crippen LogP contribution in [-0.2, 0) is 17.7 Å². The van der Waals surface area contributed by atoms with E-state index in [1.807, 2.05) is 12.1 Å². The fraction of sp³-hybridized carbons (Fsp3) is 0.182. The maximum absolute atomic E-state index is 12.6. The van der Waals surface area contributed by atoms with Crippen LogP contribution < -0.4 is 10.2 Å². The molecule has 29 heavy (non-hydrogen) atoms. The second-order valence-corrected chi connectivity index (χ2v) is 6.71. The Kier molecular flexibility index (Phi) is 5.20. The molecule has 1 aliphatic heterocycles. The molecule has 0 spiro atoms. The van der Waals surface area contributed by atoms with Crippen molar-refractivity contribution in [2.75, 3.05) is 23.9 Å². The number of esters is 1. The molecule has 1 amide bonds. The summed E-state index contributed by atoms with van der Waals surface area (Å²) in [6, 6.07) is 16.4. The number of nitrogens with one attached hydrogen (secondary N) is 1. The number of hydrogen-bond donors (Lipinski definition) is 1. The smallest absolute Gasteiger partial charge is 0.337 e. The Hall–Kier alpha value is -3.74. The predicted octanol–water partition coefficient (Wildman–Crippen LogP) is 3.08. The maximum atomic E-state index is 12.6. The van der Waals surface area contributed by atoms with Crippen LogP contribution in [0.3, 0.4) is 0 Å². The molecule has 0 fully saturated rings. The van der Waals surface area contributed by atoms with E-state index in [0.717, 1.165) is 19.5 Å². The minimum absolute atomic E-state index is 0.283. The van der Waals surface area contributed by atoms with Gasteiger partial charge in [-0.25, -0.2) is 14.8 Å². The molecule has 146 valence electrons. The molecule has 0 saturated heterocycles. The number of rotatable bonds is 4. The summed E-state index contributed by atoms with van der Waals surface area (Å²) in [7, 11) is 1.33. The predicted molar refractivity (Wildman–Crippen MR) is 109 cm³/mol. The zero-order valence-electron chi connectivity index (χ0n) is 16.0. The summed E-state index contributed by atoms with van der Waals surface area (Å²) in [5.41, 5.74) is 3.86. The van der Waals surface area contributed by atoms with Crippen LogP contribution in [0.25, 0.3) is 0 Å². The third kappa shape index (κ3) is 4.08. The Morgan fingerprint density at radius 3 is 2.55 bits per heavy atom. The monoisotopic (exact) mass is 388 g/mol. The number of carbonyl (C=O) groups excluding carboxylic acids is 2. The lowest BCUT2D eigenvalue weighted by atomic mass is 10.0. The van der Waals surface area contributed by atoms with Gasteiger partial charge in [0.05, 0.1) is 12.7 Å². The molecule has 2 aromatic carbocycles. The van der Waals surface area contributed by atoms with Gasteiger partial charge in [0.1, 0.15) is 5.69 Å². The third-order valence-corrected chi connectivity index (χ3v) is 4.85. The van der Waals surface area contributed by atoms with Crippen molar-refractivity contribution in [3.8, 4) is 0 Å². The van der Waals surface area contributed by atoms with E-state index in [1.165, 1.54) is 18.2 Å². The van der Waals surface area contributed by atoms with Gasteiger partial charge in [0.2, 0.25) is 5.95 Å². The van der Waals surface area contributed by atoms with Gasteiger partial charge < -0.3 is 15.0 Å². The van der Waals surface area contributed by atoms with Gasteiger partial charge in [0.15, 0.2) is 0 Å². The minimum Gasteiger partial charge on any atom is -0.465 e. The van der Waals surface area contributed by atoms with E-state index in [-0.39, 0.29) is 11.6 Å². The van der Waals surface area contributed by atoms with Gasteiger partial charge >= 0.3 is 5.97 Å². The van der Waals surface area contributed by atoms with Gasteiger partial charge in [-0.3, -0.25) is 4.79 Å². The standard InChI is InChI=1S/C22H20N4O3/c1-29-21(28)16-6-8-18(9-7-16)24-20(27)19-10-12-23-22(25-19)26-13-11-15-4-2-3-5-17(15)14-26/h2-10,12H,11,13-14H2,1H3,(H,24,27). The van der Waals surface area contributed by atoms with Gasteiger partial charge in [-0.05, 0) is 47.9 Å². The van der Waals surface area contributed by atoms with E-state index < -0.39 is 5.97 Å². The molecular weight excluding hydrogens is 368 g/mol. The normalized spacial score (nSPS) is 12.8. The number of benzene rings is 2. The largest absolute Gasteiger partial charge is 0.465 e. The summed E-state index contributed by atoms with van der Waals surface area (Å²) in [4.78, 5) is 35.0. The fourth-order valence-electron chi connectivity index (χ4n) is 3.30. The summed E-state index contributed by atoms with van der Waals surface area (Å²) < 4.78 is 4.67. The van der Waals surface area contributed by atoms with Crippen LogP contribution in [-0.4, -0.2) is 35.5 Å². The number of carbonyl (C=O) groups is 2. The Labute approximate surface area is 168 Å². The molecular formula is C22H20N4O3. The number of aromatic nitrogens is 2. The lowest BCUT2D eigenvalue weighted by Gasteiger charge is -2.28. The molecule has 4 rings (SSSR count). The Balaban J connectivity index is 1.47. The molecule has 7 heteroatoms. The summed E-state index contributed by atoms with van der Waals surface area (Å²) >= 11 is 0. The number of amides is 1. The van der Waals surface area contributed by atoms with Crippen LogP contribution in [0.1, 0.15) is 32.0 Å². The SMILES string of the molecule is COC(=O)c1ccc(NC(=O)c2ccnc(N3CCc4ccccc4C3)n2)cc1. The molecule has 1 N–H and O–H groups in total. The molecule has 0 radical (unpaired) electrons. The highest BCUT2D eigenvalue weighted by Gasteiger charge is 2.19. The first-order valence-corrected chi connectivity index (χ1v) is 9.28. The van der Waals surface area contributed by atoms with Crippen LogP contribution in [0.15, 0.2) is 60.8 Å². The highest BCUT2D eigenvalue weighted by atomic mass is 16.5. The lowest BCUT2D eigenvalue weighted by molar-refractivity contribution is 0.0600. The second kappa shape index (κ2) is 8.10. The van der Waals surface area contributed by atoms with Crippen molar-refractivity contribution in [1.29, 1.82) is 0 Å². The van der Waals surface area contributed by atoms with Crippen molar-refractivity contribution in [3.05, 3.63) is 83.2 Å². The van der Waals surface area contributed by atoms with Crippen molar-refractivity contribution in [2.24, 2.45) is 0 Å². The van der Waals surface area contributed by atoms with Crippen molar-refractivity contribution in [1.82, 2.24) is 9.97 Å². The molecule has 7 nitrogen and oxygen atoms in total. The number of fused-ring (bicyclic) bond motifs is 1. The average molecular weight is 388 g/mol. The number of ether oxygens (including phenoxy) is 1. The first-order chi connectivity index (χ1) is 14.1.